The Morgan fingerprint density at radius 3 is 2.95 bits per heavy atom. The average Bonchev–Trinajstić information content (AvgIpc) is 2.42. The zero-order valence-electron chi connectivity index (χ0n) is 10.2. The summed E-state index contributed by atoms with van der Waals surface area (Å²) in [6, 6.07) is 5.93. The second-order valence-corrected chi connectivity index (χ2v) is 4.29. The van der Waals surface area contributed by atoms with Crippen LogP contribution in [0.4, 0.5) is 4.39 Å². The fraction of sp³-hybridized carbons (Fsp3) is 0.231. The smallest absolute Gasteiger partial charge is 0.216 e. The van der Waals surface area contributed by atoms with Crippen molar-refractivity contribution in [3.63, 3.8) is 0 Å². The number of hydrogen-bond donors (Lipinski definition) is 1. The van der Waals surface area contributed by atoms with E-state index in [1.165, 1.54) is 25.6 Å². The molecule has 1 heterocycles. The van der Waals surface area contributed by atoms with Crippen LogP contribution in [0.1, 0.15) is 17.4 Å². The molecule has 1 aromatic heterocycles. The molecule has 6 heteroatoms. The molecule has 4 nitrogen and oxygen atoms in total. The number of ether oxygens (including phenoxy) is 1. The maximum absolute atomic E-state index is 13.3. The lowest BCUT2D eigenvalue weighted by Crippen LogP contribution is -2.05. The van der Waals surface area contributed by atoms with Crippen LogP contribution in [0, 0.1) is 5.82 Å². The van der Waals surface area contributed by atoms with Crippen molar-refractivity contribution >= 4 is 11.6 Å². The Morgan fingerprint density at radius 2 is 2.21 bits per heavy atom. The summed E-state index contributed by atoms with van der Waals surface area (Å²) in [6.07, 6.45) is 0.596. The molecule has 0 spiro atoms. The van der Waals surface area contributed by atoms with Crippen molar-refractivity contribution in [3.8, 4) is 5.88 Å². The van der Waals surface area contributed by atoms with Gasteiger partial charge in [-0.3, -0.25) is 0 Å². The molecular formula is C13H12ClFN2O2. The number of aromatic nitrogens is 2. The molecule has 1 unspecified atom stereocenters. The van der Waals surface area contributed by atoms with Crippen LogP contribution in [-0.4, -0.2) is 22.2 Å². The van der Waals surface area contributed by atoms with Crippen LogP contribution in [0.15, 0.2) is 30.6 Å². The highest BCUT2D eigenvalue weighted by Crippen LogP contribution is 2.27. The third-order valence-electron chi connectivity index (χ3n) is 2.65. The van der Waals surface area contributed by atoms with Gasteiger partial charge < -0.3 is 9.84 Å². The minimum absolute atomic E-state index is 0.0731. The summed E-state index contributed by atoms with van der Waals surface area (Å²) in [5, 5.41) is 10.0. The number of rotatable bonds is 4. The van der Waals surface area contributed by atoms with Crippen LogP contribution >= 0.6 is 11.6 Å². The van der Waals surface area contributed by atoms with Crippen LogP contribution < -0.4 is 4.74 Å². The van der Waals surface area contributed by atoms with Gasteiger partial charge in [-0.15, -0.1) is 0 Å². The van der Waals surface area contributed by atoms with Crippen LogP contribution in [0.5, 0.6) is 5.88 Å². The van der Waals surface area contributed by atoms with Crippen LogP contribution in [-0.2, 0) is 6.42 Å². The minimum atomic E-state index is -0.942. The maximum atomic E-state index is 13.3. The van der Waals surface area contributed by atoms with E-state index >= 15 is 0 Å². The molecule has 0 saturated heterocycles. The van der Waals surface area contributed by atoms with E-state index in [4.69, 9.17) is 16.3 Å². The summed E-state index contributed by atoms with van der Waals surface area (Å²) < 4.78 is 18.3. The van der Waals surface area contributed by atoms with E-state index < -0.39 is 11.9 Å². The third-order valence-corrected chi connectivity index (χ3v) is 3.05. The highest BCUT2D eigenvalue weighted by Gasteiger charge is 2.15. The second kappa shape index (κ2) is 5.95. The Labute approximate surface area is 114 Å². The van der Waals surface area contributed by atoms with Crippen molar-refractivity contribution in [2.45, 2.75) is 12.5 Å². The van der Waals surface area contributed by atoms with Gasteiger partial charge in [-0.25, -0.2) is 14.4 Å². The summed E-state index contributed by atoms with van der Waals surface area (Å²) in [5.41, 5.74) is 0.916. The predicted molar refractivity (Wildman–Crippen MR) is 68.7 cm³/mol. The molecule has 0 radical (unpaired) electrons. The van der Waals surface area contributed by atoms with E-state index in [-0.39, 0.29) is 11.4 Å². The fourth-order valence-corrected chi connectivity index (χ4v) is 1.94. The summed E-state index contributed by atoms with van der Waals surface area (Å²) >= 11 is 5.82. The Balaban J connectivity index is 2.20. The van der Waals surface area contributed by atoms with Gasteiger partial charge in [0, 0.05) is 18.1 Å². The molecule has 1 atom stereocenters. The topological polar surface area (TPSA) is 55.2 Å². The summed E-state index contributed by atoms with van der Waals surface area (Å²) in [7, 11) is 1.49. The molecule has 100 valence electrons. The number of methoxy groups -OCH3 is 1. The molecule has 19 heavy (non-hydrogen) atoms. The van der Waals surface area contributed by atoms with Crippen molar-refractivity contribution in [1.29, 1.82) is 0 Å². The SMILES string of the molecule is COc1cc(CC(O)c2cccc(F)c2Cl)ncn1. The van der Waals surface area contributed by atoms with Crippen molar-refractivity contribution in [2.75, 3.05) is 7.11 Å². The van der Waals surface area contributed by atoms with Gasteiger partial charge >= 0.3 is 0 Å². The van der Waals surface area contributed by atoms with Gasteiger partial charge in [0.25, 0.3) is 0 Å². The van der Waals surface area contributed by atoms with Gasteiger partial charge in [0.2, 0.25) is 5.88 Å². The molecule has 0 aliphatic heterocycles. The van der Waals surface area contributed by atoms with Crippen molar-refractivity contribution in [1.82, 2.24) is 9.97 Å². The van der Waals surface area contributed by atoms with Gasteiger partial charge in [0.15, 0.2) is 0 Å². The molecule has 1 aromatic carbocycles. The van der Waals surface area contributed by atoms with E-state index in [1.807, 2.05) is 0 Å². The van der Waals surface area contributed by atoms with Gasteiger partial charge in [-0.1, -0.05) is 23.7 Å². The maximum Gasteiger partial charge on any atom is 0.216 e. The Bertz CT molecular complexity index is 580. The molecule has 0 aliphatic rings. The first-order valence-corrected chi connectivity index (χ1v) is 5.96. The quantitative estimate of drug-likeness (QED) is 0.936. The molecule has 2 aromatic rings. The lowest BCUT2D eigenvalue weighted by atomic mass is 10.0. The number of halogens is 2. The van der Waals surface area contributed by atoms with Crippen molar-refractivity contribution in [2.24, 2.45) is 0 Å². The monoisotopic (exact) mass is 282 g/mol. The minimum Gasteiger partial charge on any atom is -0.481 e. The largest absolute Gasteiger partial charge is 0.481 e. The Morgan fingerprint density at radius 1 is 1.42 bits per heavy atom. The highest BCUT2D eigenvalue weighted by atomic mass is 35.5. The zero-order valence-corrected chi connectivity index (χ0v) is 10.9. The lowest BCUT2D eigenvalue weighted by molar-refractivity contribution is 0.176. The summed E-state index contributed by atoms with van der Waals surface area (Å²) in [4.78, 5) is 7.89. The molecule has 1 N–H and O–H groups in total. The molecule has 0 fully saturated rings. The van der Waals surface area contributed by atoms with E-state index in [2.05, 4.69) is 9.97 Å². The van der Waals surface area contributed by atoms with Crippen LogP contribution in [0.2, 0.25) is 5.02 Å². The highest BCUT2D eigenvalue weighted by molar-refractivity contribution is 6.31. The first kappa shape index (κ1) is 13.7. The zero-order chi connectivity index (χ0) is 13.8. The van der Waals surface area contributed by atoms with Gasteiger partial charge in [0.05, 0.1) is 23.9 Å². The molecule has 2 rings (SSSR count). The standard InChI is InChI=1S/C13H12ClFN2O2/c1-19-12-6-8(16-7-17-12)5-11(18)9-3-2-4-10(15)13(9)14/h2-4,6-7,11,18H,5H2,1H3. The van der Waals surface area contributed by atoms with Gasteiger partial charge in [0.1, 0.15) is 12.1 Å². The van der Waals surface area contributed by atoms with E-state index in [0.717, 1.165) is 0 Å². The van der Waals surface area contributed by atoms with Crippen LogP contribution in [0.25, 0.3) is 0 Å². The average molecular weight is 283 g/mol. The van der Waals surface area contributed by atoms with E-state index in [1.54, 1.807) is 12.1 Å². The fourth-order valence-electron chi connectivity index (χ4n) is 1.69. The molecule has 0 aliphatic carbocycles. The molecule has 0 bridgehead atoms. The van der Waals surface area contributed by atoms with E-state index in [0.29, 0.717) is 17.1 Å². The number of aliphatic hydroxyl groups is 1. The second-order valence-electron chi connectivity index (χ2n) is 3.91. The molecular weight excluding hydrogens is 271 g/mol. The summed E-state index contributed by atoms with van der Waals surface area (Å²) in [5.74, 6) is -0.152. The number of nitrogens with zero attached hydrogens (tertiary/aromatic N) is 2. The number of benzene rings is 1. The molecule has 0 saturated carbocycles. The Hall–Kier alpha value is -1.72. The van der Waals surface area contributed by atoms with Crippen LogP contribution in [0.3, 0.4) is 0 Å². The number of aliphatic hydroxyl groups excluding tert-OH is 1. The lowest BCUT2D eigenvalue weighted by Gasteiger charge is -2.12. The number of hydrogen-bond acceptors (Lipinski definition) is 4. The van der Waals surface area contributed by atoms with Crippen molar-refractivity contribution in [3.05, 3.63) is 52.7 Å². The Kier molecular flexibility index (Phi) is 4.29. The normalized spacial score (nSPS) is 12.2. The van der Waals surface area contributed by atoms with Gasteiger partial charge in [-0.05, 0) is 6.07 Å². The van der Waals surface area contributed by atoms with Gasteiger partial charge in [-0.2, -0.15) is 0 Å². The molecule has 0 amide bonds. The third kappa shape index (κ3) is 3.19. The first-order chi connectivity index (χ1) is 9.11. The predicted octanol–water partition coefficient (Wildman–Crippen LogP) is 2.55. The summed E-state index contributed by atoms with van der Waals surface area (Å²) in [6.45, 7) is 0. The van der Waals surface area contributed by atoms with E-state index in [9.17, 15) is 9.50 Å². The van der Waals surface area contributed by atoms with Crippen molar-refractivity contribution < 1.29 is 14.2 Å². The first-order valence-electron chi connectivity index (χ1n) is 5.58.